The molecule has 0 saturated carbocycles. The lowest BCUT2D eigenvalue weighted by atomic mass is 10.0. The van der Waals surface area contributed by atoms with Crippen molar-refractivity contribution in [3.05, 3.63) is 36.5 Å². The molecule has 0 rings (SSSR count). The van der Waals surface area contributed by atoms with E-state index in [9.17, 15) is 29.3 Å². The van der Waals surface area contributed by atoms with Gasteiger partial charge < -0.3 is 30.3 Å². The molecule has 0 aliphatic heterocycles. The summed E-state index contributed by atoms with van der Waals surface area (Å²) >= 11 is 0. The molecule has 0 heterocycles. The summed E-state index contributed by atoms with van der Waals surface area (Å²) in [6.07, 6.45) is 37.6. The highest BCUT2D eigenvalue weighted by atomic mass is 31.2. The van der Waals surface area contributed by atoms with Crippen molar-refractivity contribution >= 4 is 19.8 Å². The minimum absolute atomic E-state index is 0.0270. The van der Waals surface area contributed by atoms with Crippen LogP contribution in [0.2, 0.25) is 0 Å². The molecule has 57 heavy (non-hydrogen) atoms. The Hall–Kier alpha value is -1.85. The van der Waals surface area contributed by atoms with Gasteiger partial charge in [-0.15, -0.1) is 0 Å². The molecule has 0 aliphatic carbocycles. The minimum atomic E-state index is -4.42. The average molecular weight is 830 g/mol. The second-order valence-electron chi connectivity index (χ2n) is 15.2. The fraction of sp³-hybridized carbons (Fsp3) is 0.822. The van der Waals surface area contributed by atoms with Crippen LogP contribution in [0.4, 0.5) is 0 Å². The SMILES string of the molecule is CCCCC/C=C\C/C=C\CCCCCCCCCCCC(=O)OC[C@H](COP(=O)(O)OCCN)OC(=O)CCCCCCC[C@H](O)[C@@H](O)C/C=C\CCCCC. The van der Waals surface area contributed by atoms with Crippen molar-refractivity contribution in [3.63, 3.8) is 0 Å². The van der Waals surface area contributed by atoms with Crippen LogP contribution in [0.3, 0.4) is 0 Å². The second kappa shape index (κ2) is 40.9. The first-order valence-electron chi connectivity index (χ1n) is 22.6. The summed E-state index contributed by atoms with van der Waals surface area (Å²) in [5.41, 5.74) is 5.34. The number of carbonyl (C=O) groups excluding carboxylic acids is 2. The van der Waals surface area contributed by atoms with E-state index in [1.54, 1.807) is 0 Å². The van der Waals surface area contributed by atoms with Crippen LogP contribution in [0.25, 0.3) is 0 Å². The van der Waals surface area contributed by atoms with Crippen molar-refractivity contribution in [2.75, 3.05) is 26.4 Å². The van der Waals surface area contributed by atoms with Gasteiger partial charge in [-0.3, -0.25) is 18.6 Å². The number of allylic oxidation sites excluding steroid dienone is 5. The Bertz CT molecular complexity index is 1070. The zero-order valence-corrected chi connectivity index (χ0v) is 36.9. The van der Waals surface area contributed by atoms with Crippen LogP contribution >= 0.6 is 7.82 Å². The number of hydrogen-bond donors (Lipinski definition) is 4. The maximum absolute atomic E-state index is 12.6. The normalized spacial score (nSPS) is 14.7. The Balaban J connectivity index is 4.23. The number of nitrogens with two attached hydrogens (primary N) is 1. The molecule has 0 fully saturated rings. The number of phosphoric ester groups is 1. The van der Waals surface area contributed by atoms with Gasteiger partial charge >= 0.3 is 19.8 Å². The quantitative estimate of drug-likeness (QED) is 0.0199. The Kier molecular flexibility index (Phi) is 39.6. The van der Waals surface area contributed by atoms with Crippen LogP contribution in [0.1, 0.15) is 194 Å². The molecule has 5 N–H and O–H groups in total. The zero-order valence-electron chi connectivity index (χ0n) is 36.0. The van der Waals surface area contributed by atoms with Crippen molar-refractivity contribution in [2.24, 2.45) is 5.73 Å². The third-order valence-electron chi connectivity index (χ3n) is 9.70. The first-order valence-corrected chi connectivity index (χ1v) is 24.1. The van der Waals surface area contributed by atoms with Gasteiger partial charge in [0, 0.05) is 19.4 Å². The Morgan fingerprint density at radius 2 is 1.09 bits per heavy atom. The van der Waals surface area contributed by atoms with E-state index in [2.05, 4.69) is 44.2 Å². The predicted octanol–water partition coefficient (Wildman–Crippen LogP) is 10.9. The summed E-state index contributed by atoms with van der Waals surface area (Å²) in [6.45, 7) is 3.47. The minimum Gasteiger partial charge on any atom is -0.462 e. The summed E-state index contributed by atoms with van der Waals surface area (Å²) in [4.78, 5) is 34.9. The number of ether oxygens (including phenoxy) is 2. The molecule has 0 aromatic carbocycles. The lowest BCUT2D eigenvalue weighted by Gasteiger charge is -2.20. The van der Waals surface area contributed by atoms with E-state index < -0.39 is 44.7 Å². The van der Waals surface area contributed by atoms with E-state index in [4.69, 9.17) is 24.3 Å². The summed E-state index contributed by atoms with van der Waals surface area (Å²) < 4.78 is 32.7. The summed E-state index contributed by atoms with van der Waals surface area (Å²) in [6, 6.07) is 0. The van der Waals surface area contributed by atoms with E-state index >= 15 is 0 Å². The van der Waals surface area contributed by atoms with Crippen LogP contribution in [0.15, 0.2) is 36.5 Å². The van der Waals surface area contributed by atoms with Crippen LogP contribution < -0.4 is 5.73 Å². The molecule has 0 aliphatic rings. The predicted molar refractivity (Wildman–Crippen MR) is 232 cm³/mol. The number of hydrogen-bond acceptors (Lipinski definition) is 10. The standard InChI is InChI=1S/C45H84NO10P/c1-3-5-7-9-11-12-13-14-15-16-17-18-19-20-21-22-23-27-31-35-44(49)53-39-41(40-55-57(51,52)54-38-37-46)56-45(50)36-32-28-24-26-30-34-43(48)42(47)33-29-25-10-8-6-4-2/h11-12,14-15,25,29,41-43,47-48H,3-10,13,16-24,26-28,30-40,46H2,1-2H3,(H,51,52)/b12-11-,15-14-,29-25-/t41-,42+,43+/m1/s1. The van der Waals surface area contributed by atoms with E-state index in [-0.39, 0.29) is 32.6 Å². The largest absolute Gasteiger partial charge is 0.472 e. The van der Waals surface area contributed by atoms with Crippen molar-refractivity contribution in [2.45, 2.75) is 212 Å². The van der Waals surface area contributed by atoms with Gasteiger partial charge in [0.1, 0.15) is 6.61 Å². The van der Waals surface area contributed by atoms with Gasteiger partial charge in [0.25, 0.3) is 0 Å². The molecular weight excluding hydrogens is 745 g/mol. The topological polar surface area (TPSA) is 175 Å². The molecule has 12 heteroatoms. The fourth-order valence-electron chi connectivity index (χ4n) is 6.16. The second-order valence-corrected chi connectivity index (χ2v) is 16.7. The maximum atomic E-state index is 12.6. The molecule has 0 amide bonds. The molecule has 0 bridgehead atoms. The highest BCUT2D eigenvalue weighted by molar-refractivity contribution is 7.47. The molecule has 0 radical (unpaired) electrons. The molecule has 334 valence electrons. The van der Waals surface area contributed by atoms with Crippen molar-refractivity contribution in [1.82, 2.24) is 0 Å². The Morgan fingerprint density at radius 3 is 1.65 bits per heavy atom. The summed E-state index contributed by atoms with van der Waals surface area (Å²) in [7, 11) is -4.42. The molecule has 0 spiro atoms. The highest BCUT2D eigenvalue weighted by Gasteiger charge is 2.26. The van der Waals surface area contributed by atoms with E-state index in [1.807, 2.05) is 6.08 Å². The van der Waals surface area contributed by atoms with Gasteiger partial charge in [0.05, 0.1) is 25.4 Å². The van der Waals surface area contributed by atoms with Crippen LogP contribution in [0.5, 0.6) is 0 Å². The molecule has 0 aromatic rings. The average Bonchev–Trinajstić information content (AvgIpc) is 3.19. The molecular formula is C45H84NO10P. The lowest BCUT2D eigenvalue weighted by Crippen LogP contribution is -2.29. The zero-order chi connectivity index (χ0) is 42.1. The summed E-state index contributed by atoms with van der Waals surface area (Å²) in [5.74, 6) is -0.943. The van der Waals surface area contributed by atoms with Gasteiger partial charge in [-0.25, -0.2) is 4.57 Å². The number of aliphatic hydroxyl groups excluding tert-OH is 2. The molecule has 1 unspecified atom stereocenters. The van der Waals surface area contributed by atoms with Gasteiger partial charge in [-0.2, -0.15) is 0 Å². The van der Waals surface area contributed by atoms with Crippen molar-refractivity contribution < 1.29 is 47.8 Å². The Morgan fingerprint density at radius 1 is 0.596 bits per heavy atom. The third-order valence-corrected chi connectivity index (χ3v) is 10.7. The van der Waals surface area contributed by atoms with E-state index in [0.717, 1.165) is 70.6 Å². The van der Waals surface area contributed by atoms with Crippen LogP contribution in [-0.4, -0.2) is 71.7 Å². The monoisotopic (exact) mass is 830 g/mol. The van der Waals surface area contributed by atoms with Crippen LogP contribution in [0, 0.1) is 0 Å². The van der Waals surface area contributed by atoms with E-state index in [1.165, 1.54) is 70.6 Å². The number of rotatable bonds is 42. The smallest absolute Gasteiger partial charge is 0.462 e. The third kappa shape index (κ3) is 39.4. The van der Waals surface area contributed by atoms with Crippen molar-refractivity contribution in [3.8, 4) is 0 Å². The van der Waals surface area contributed by atoms with Crippen LogP contribution in [-0.2, 0) is 32.7 Å². The van der Waals surface area contributed by atoms with E-state index in [0.29, 0.717) is 25.7 Å². The maximum Gasteiger partial charge on any atom is 0.472 e. The number of unbranched alkanes of at least 4 members (excludes halogenated alkanes) is 19. The number of aliphatic hydroxyl groups is 2. The summed E-state index contributed by atoms with van der Waals surface area (Å²) in [5, 5.41) is 20.4. The van der Waals surface area contributed by atoms with Gasteiger partial charge in [-0.05, 0) is 70.6 Å². The van der Waals surface area contributed by atoms with Gasteiger partial charge in [0.15, 0.2) is 6.10 Å². The molecule has 11 nitrogen and oxygen atoms in total. The first kappa shape index (κ1) is 55.2. The number of esters is 2. The Labute approximate surface area is 347 Å². The first-order chi connectivity index (χ1) is 27.6. The van der Waals surface area contributed by atoms with Gasteiger partial charge in [0.2, 0.25) is 0 Å². The fourth-order valence-corrected chi connectivity index (χ4v) is 6.92. The molecule has 4 atom stereocenters. The number of carbonyl (C=O) groups is 2. The molecule has 0 saturated heterocycles. The van der Waals surface area contributed by atoms with Gasteiger partial charge in [-0.1, -0.05) is 147 Å². The lowest BCUT2D eigenvalue weighted by molar-refractivity contribution is -0.161. The van der Waals surface area contributed by atoms with Crippen molar-refractivity contribution in [1.29, 1.82) is 0 Å². The molecule has 0 aromatic heterocycles. The number of phosphoric acid groups is 1. The highest BCUT2D eigenvalue weighted by Crippen LogP contribution is 2.43.